The molecule has 1 aromatic rings. The monoisotopic (exact) mass is 299 g/mol. The fourth-order valence-corrected chi connectivity index (χ4v) is 1.41. The summed E-state index contributed by atoms with van der Waals surface area (Å²) in [6, 6.07) is 0.0989. The van der Waals surface area contributed by atoms with Crippen LogP contribution in [-0.2, 0) is 11.2 Å². The van der Waals surface area contributed by atoms with E-state index < -0.39 is 46.0 Å². The fourth-order valence-electron chi connectivity index (χ4n) is 1.08. The molecule has 7 heteroatoms. The van der Waals surface area contributed by atoms with Crippen molar-refractivity contribution in [2.45, 2.75) is 11.2 Å². The molecular formula is C9H6BrF4NO. The van der Waals surface area contributed by atoms with E-state index in [2.05, 4.69) is 15.9 Å². The molecule has 0 bridgehead atoms. The van der Waals surface area contributed by atoms with Crippen LogP contribution in [0.2, 0.25) is 0 Å². The van der Waals surface area contributed by atoms with Gasteiger partial charge in [0.2, 0.25) is 5.91 Å². The highest BCUT2D eigenvalue weighted by Gasteiger charge is 2.23. The number of hydrogen-bond donors (Lipinski definition) is 1. The van der Waals surface area contributed by atoms with Gasteiger partial charge in [-0.05, 0) is 6.42 Å². The summed E-state index contributed by atoms with van der Waals surface area (Å²) in [5.41, 5.74) is 3.99. The average molecular weight is 300 g/mol. The van der Waals surface area contributed by atoms with Gasteiger partial charge in [0.25, 0.3) is 0 Å². The average Bonchev–Trinajstić information content (AvgIpc) is 2.21. The van der Waals surface area contributed by atoms with Gasteiger partial charge in [-0.1, -0.05) is 15.9 Å². The normalized spacial score (nSPS) is 12.6. The van der Waals surface area contributed by atoms with Gasteiger partial charge in [-0.25, -0.2) is 17.6 Å². The third kappa shape index (κ3) is 2.52. The van der Waals surface area contributed by atoms with E-state index in [1.165, 1.54) is 0 Å². The lowest BCUT2D eigenvalue weighted by molar-refractivity contribution is -0.117. The van der Waals surface area contributed by atoms with Crippen molar-refractivity contribution in [3.05, 3.63) is 34.9 Å². The van der Waals surface area contributed by atoms with Crippen LogP contribution in [0.4, 0.5) is 17.6 Å². The second kappa shape index (κ2) is 4.82. The Hall–Kier alpha value is -1.11. The van der Waals surface area contributed by atoms with Crippen LogP contribution in [0, 0.1) is 23.3 Å². The SMILES string of the molecule is NC(=O)C(Br)Cc1c(F)c(F)cc(F)c1F. The van der Waals surface area contributed by atoms with Crippen LogP contribution in [0.25, 0.3) is 0 Å². The highest BCUT2D eigenvalue weighted by molar-refractivity contribution is 9.10. The minimum Gasteiger partial charge on any atom is -0.369 e. The van der Waals surface area contributed by atoms with Crippen molar-refractivity contribution >= 4 is 21.8 Å². The predicted molar refractivity (Wildman–Crippen MR) is 51.9 cm³/mol. The largest absolute Gasteiger partial charge is 0.369 e. The van der Waals surface area contributed by atoms with Crippen LogP contribution in [0.3, 0.4) is 0 Å². The number of carbonyl (C=O) groups excluding carboxylic acids is 1. The number of amides is 1. The lowest BCUT2D eigenvalue weighted by Gasteiger charge is -2.09. The van der Waals surface area contributed by atoms with Crippen LogP contribution in [0.1, 0.15) is 5.56 Å². The molecule has 1 unspecified atom stereocenters. The fraction of sp³-hybridized carbons (Fsp3) is 0.222. The van der Waals surface area contributed by atoms with Crippen molar-refractivity contribution < 1.29 is 22.4 Å². The maximum Gasteiger partial charge on any atom is 0.231 e. The van der Waals surface area contributed by atoms with E-state index in [0.717, 1.165) is 0 Å². The molecule has 16 heavy (non-hydrogen) atoms. The third-order valence-corrected chi connectivity index (χ3v) is 2.67. The van der Waals surface area contributed by atoms with Crippen molar-refractivity contribution in [3.63, 3.8) is 0 Å². The molecule has 2 nitrogen and oxygen atoms in total. The molecule has 0 saturated carbocycles. The van der Waals surface area contributed by atoms with Gasteiger partial charge in [-0.15, -0.1) is 0 Å². The molecule has 0 saturated heterocycles. The molecular weight excluding hydrogens is 294 g/mol. The molecule has 0 aliphatic heterocycles. The lowest BCUT2D eigenvalue weighted by Crippen LogP contribution is -2.26. The van der Waals surface area contributed by atoms with Gasteiger partial charge in [-0.3, -0.25) is 4.79 Å². The van der Waals surface area contributed by atoms with Crippen LogP contribution < -0.4 is 5.73 Å². The Morgan fingerprint density at radius 3 is 2.06 bits per heavy atom. The number of rotatable bonds is 3. The number of primary amides is 1. The molecule has 0 spiro atoms. The van der Waals surface area contributed by atoms with Gasteiger partial charge < -0.3 is 5.73 Å². The van der Waals surface area contributed by atoms with Gasteiger partial charge in [-0.2, -0.15) is 0 Å². The summed E-state index contributed by atoms with van der Waals surface area (Å²) in [6.45, 7) is 0. The minimum absolute atomic E-state index is 0.0989. The van der Waals surface area contributed by atoms with Crippen molar-refractivity contribution in [2.75, 3.05) is 0 Å². The van der Waals surface area contributed by atoms with Gasteiger partial charge in [0.05, 0.1) is 4.83 Å². The Morgan fingerprint density at radius 2 is 1.69 bits per heavy atom. The first-order chi connectivity index (χ1) is 7.34. The second-order valence-electron chi connectivity index (χ2n) is 3.02. The molecule has 1 amide bonds. The Balaban J connectivity index is 3.17. The minimum atomic E-state index is -1.52. The van der Waals surface area contributed by atoms with Crippen molar-refractivity contribution in [2.24, 2.45) is 5.73 Å². The number of halogens is 5. The Labute approximate surface area is 96.6 Å². The second-order valence-corrected chi connectivity index (χ2v) is 4.13. The molecule has 0 heterocycles. The topological polar surface area (TPSA) is 43.1 Å². The summed E-state index contributed by atoms with van der Waals surface area (Å²) in [4.78, 5) is 9.54. The molecule has 0 radical (unpaired) electrons. The smallest absolute Gasteiger partial charge is 0.231 e. The van der Waals surface area contributed by atoms with Gasteiger partial charge in [0, 0.05) is 11.6 Å². The lowest BCUT2D eigenvalue weighted by atomic mass is 10.1. The van der Waals surface area contributed by atoms with Crippen LogP contribution in [0.15, 0.2) is 6.07 Å². The van der Waals surface area contributed by atoms with E-state index in [0.29, 0.717) is 0 Å². The summed E-state index contributed by atoms with van der Waals surface area (Å²) in [6.07, 6.45) is -0.568. The first kappa shape index (κ1) is 13.0. The molecule has 2 N–H and O–H groups in total. The molecule has 88 valence electrons. The van der Waals surface area contributed by atoms with Gasteiger partial charge in [0.15, 0.2) is 23.3 Å². The number of benzene rings is 1. The molecule has 0 aliphatic carbocycles. The zero-order chi connectivity index (χ0) is 12.5. The van der Waals surface area contributed by atoms with E-state index in [4.69, 9.17) is 5.73 Å². The maximum atomic E-state index is 13.1. The molecule has 0 fully saturated rings. The molecule has 1 aromatic carbocycles. The van der Waals surface area contributed by atoms with E-state index in [1.807, 2.05) is 0 Å². The summed E-state index contributed by atoms with van der Waals surface area (Å²) < 4.78 is 51.7. The van der Waals surface area contributed by atoms with E-state index in [1.54, 1.807) is 0 Å². The first-order valence-electron chi connectivity index (χ1n) is 4.09. The van der Waals surface area contributed by atoms with Crippen molar-refractivity contribution in [1.82, 2.24) is 0 Å². The van der Waals surface area contributed by atoms with Crippen LogP contribution in [0.5, 0.6) is 0 Å². The standard InChI is InChI=1S/C9H6BrF4NO/c10-4(9(15)16)1-3-7(13)5(11)2-6(12)8(3)14/h2,4H,1H2,(H2,15,16). The van der Waals surface area contributed by atoms with Crippen molar-refractivity contribution in [1.29, 1.82) is 0 Å². The summed E-state index contributed by atoms with van der Waals surface area (Å²) in [7, 11) is 0. The zero-order valence-electron chi connectivity index (χ0n) is 7.74. The third-order valence-electron chi connectivity index (χ3n) is 1.89. The molecule has 0 aliphatic rings. The van der Waals surface area contributed by atoms with Gasteiger partial charge in [0.1, 0.15) is 0 Å². The van der Waals surface area contributed by atoms with Crippen molar-refractivity contribution in [3.8, 4) is 0 Å². The molecule has 1 rings (SSSR count). The maximum absolute atomic E-state index is 13.1. The van der Waals surface area contributed by atoms with E-state index >= 15 is 0 Å². The summed E-state index contributed by atoms with van der Waals surface area (Å²) in [5, 5.41) is 0. The molecule has 1 atom stereocenters. The Morgan fingerprint density at radius 1 is 1.25 bits per heavy atom. The Bertz CT molecular complexity index is 412. The first-order valence-corrected chi connectivity index (χ1v) is 5.01. The Kier molecular flexibility index (Phi) is 3.90. The molecule has 0 aromatic heterocycles. The highest BCUT2D eigenvalue weighted by Crippen LogP contribution is 2.22. The zero-order valence-corrected chi connectivity index (χ0v) is 9.32. The summed E-state index contributed by atoms with van der Waals surface area (Å²) >= 11 is 2.74. The van der Waals surface area contributed by atoms with Crippen LogP contribution >= 0.6 is 15.9 Å². The number of nitrogens with two attached hydrogens (primary N) is 1. The predicted octanol–water partition coefficient (Wildman–Crippen LogP) is 2.03. The van der Waals surface area contributed by atoms with E-state index in [-0.39, 0.29) is 6.07 Å². The van der Waals surface area contributed by atoms with Crippen LogP contribution in [-0.4, -0.2) is 10.7 Å². The number of hydrogen-bond acceptors (Lipinski definition) is 1. The number of carbonyl (C=O) groups is 1. The number of alkyl halides is 1. The summed E-state index contributed by atoms with van der Waals surface area (Å²) in [5.74, 6) is -6.96. The quantitative estimate of drug-likeness (QED) is 0.518. The highest BCUT2D eigenvalue weighted by atomic mass is 79.9. The van der Waals surface area contributed by atoms with Gasteiger partial charge >= 0.3 is 0 Å². The van der Waals surface area contributed by atoms with E-state index in [9.17, 15) is 22.4 Å².